The second-order valence-corrected chi connectivity index (χ2v) is 8.02. The minimum absolute atomic E-state index is 0.0417. The fraction of sp³-hybridized carbons (Fsp3) is 0.435. The Morgan fingerprint density at radius 3 is 2.50 bits per heavy atom. The molecule has 2 aliphatic rings. The van der Waals surface area contributed by atoms with E-state index in [1.165, 1.54) is 0 Å². The molecule has 0 bridgehead atoms. The van der Waals surface area contributed by atoms with Crippen LogP contribution in [0.2, 0.25) is 0 Å². The van der Waals surface area contributed by atoms with Gasteiger partial charge in [-0.25, -0.2) is 10.9 Å². The number of ether oxygens (including phenoxy) is 1. The molecule has 2 heterocycles. The van der Waals surface area contributed by atoms with Crippen molar-refractivity contribution in [3.8, 4) is 17.2 Å². The van der Waals surface area contributed by atoms with Crippen LogP contribution in [0.25, 0.3) is 0 Å². The van der Waals surface area contributed by atoms with E-state index in [2.05, 4.69) is 17.8 Å². The lowest BCUT2D eigenvalue weighted by molar-refractivity contribution is -0.130. The SMILES string of the molecule is CCCN1C(=O)C2NNC(c3cc(C)ccc3O)C2C1c1ccc(O)c(OCC)c1. The number of aryl methyl sites for hydroxylation is 1. The third-order valence-corrected chi connectivity index (χ3v) is 6.02. The average Bonchev–Trinajstić information content (AvgIpc) is 3.26. The van der Waals surface area contributed by atoms with Crippen LogP contribution in [0.5, 0.6) is 17.2 Å². The minimum atomic E-state index is -0.393. The van der Waals surface area contributed by atoms with Crippen molar-refractivity contribution in [3.05, 3.63) is 53.1 Å². The highest BCUT2D eigenvalue weighted by Gasteiger charge is 2.55. The van der Waals surface area contributed by atoms with E-state index >= 15 is 0 Å². The smallest absolute Gasteiger partial charge is 0.242 e. The van der Waals surface area contributed by atoms with Crippen LogP contribution in [0.1, 0.15) is 49.0 Å². The molecule has 0 saturated carbocycles. The van der Waals surface area contributed by atoms with Crippen molar-refractivity contribution >= 4 is 5.91 Å². The zero-order valence-corrected chi connectivity index (χ0v) is 17.6. The predicted octanol–water partition coefficient (Wildman–Crippen LogP) is 2.93. The maximum atomic E-state index is 13.2. The molecule has 2 aromatic rings. The summed E-state index contributed by atoms with van der Waals surface area (Å²) >= 11 is 0. The molecule has 7 nitrogen and oxygen atoms in total. The first-order valence-corrected chi connectivity index (χ1v) is 10.5. The third-order valence-electron chi connectivity index (χ3n) is 6.02. The van der Waals surface area contributed by atoms with Gasteiger partial charge in [0.05, 0.1) is 18.7 Å². The number of phenols is 2. The Labute approximate surface area is 176 Å². The highest BCUT2D eigenvalue weighted by molar-refractivity contribution is 5.86. The van der Waals surface area contributed by atoms with Crippen molar-refractivity contribution in [3.63, 3.8) is 0 Å². The van der Waals surface area contributed by atoms with E-state index in [1.54, 1.807) is 12.1 Å². The van der Waals surface area contributed by atoms with E-state index < -0.39 is 6.04 Å². The number of aromatic hydroxyl groups is 2. The molecule has 160 valence electrons. The van der Waals surface area contributed by atoms with Crippen LogP contribution in [0.3, 0.4) is 0 Å². The van der Waals surface area contributed by atoms with Crippen molar-refractivity contribution in [1.29, 1.82) is 0 Å². The van der Waals surface area contributed by atoms with E-state index in [0.717, 1.165) is 23.1 Å². The molecule has 2 aliphatic heterocycles. The Morgan fingerprint density at radius 1 is 1.03 bits per heavy atom. The lowest BCUT2D eigenvalue weighted by atomic mass is 9.82. The summed E-state index contributed by atoms with van der Waals surface area (Å²) in [5.41, 5.74) is 9.15. The number of benzene rings is 2. The molecule has 4 atom stereocenters. The second kappa shape index (κ2) is 8.16. The normalized spacial score (nSPS) is 25.6. The van der Waals surface area contributed by atoms with E-state index in [1.807, 2.05) is 43.0 Å². The number of hydrazine groups is 1. The first-order chi connectivity index (χ1) is 14.5. The molecule has 0 spiro atoms. The monoisotopic (exact) mass is 411 g/mol. The number of hydrogen-bond acceptors (Lipinski definition) is 6. The van der Waals surface area contributed by atoms with Gasteiger partial charge in [-0.2, -0.15) is 0 Å². The number of fused-ring (bicyclic) bond motifs is 1. The summed E-state index contributed by atoms with van der Waals surface area (Å²) < 4.78 is 5.59. The van der Waals surface area contributed by atoms with Gasteiger partial charge in [-0.3, -0.25) is 4.79 Å². The number of carbonyl (C=O) groups is 1. The summed E-state index contributed by atoms with van der Waals surface area (Å²) in [5, 5.41) is 20.7. The molecule has 0 aliphatic carbocycles. The van der Waals surface area contributed by atoms with Crippen LogP contribution < -0.4 is 15.6 Å². The van der Waals surface area contributed by atoms with E-state index in [4.69, 9.17) is 4.74 Å². The van der Waals surface area contributed by atoms with Crippen LogP contribution in [-0.2, 0) is 4.79 Å². The Hall–Kier alpha value is -2.77. The Bertz CT molecular complexity index is 948. The summed E-state index contributed by atoms with van der Waals surface area (Å²) in [5.74, 6) is 0.618. The molecule has 0 radical (unpaired) electrons. The average molecular weight is 412 g/mol. The summed E-state index contributed by atoms with van der Waals surface area (Å²) in [6, 6.07) is 9.98. The molecule has 2 fully saturated rings. The molecular weight excluding hydrogens is 382 g/mol. The lowest BCUT2D eigenvalue weighted by Gasteiger charge is -2.31. The number of carbonyl (C=O) groups excluding carboxylic acids is 1. The number of hydrogen-bond donors (Lipinski definition) is 4. The zero-order chi connectivity index (χ0) is 21.4. The zero-order valence-electron chi connectivity index (χ0n) is 17.6. The van der Waals surface area contributed by atoms with Crippen molar-refractivity contribution < 1.29 is 19.7 Å². The van der Waals surface area contributed by atoms with Crippen LogP contribution in [0, 0.1) is 12.8 Å². The molecule has 7 heteroatoms. The van der Waals surface area contributed by atoms with Gasteiger partial charge in [-0.1, -0.05) is 30.7 Å². The summed E-state index contributed by atoms with van der Waals surface area (Å²) in [4.78, 5) is 15.2. The third kappa shape index (κ3) is 3.38. The maximum absolute atomic E-state index is 13.2. The molecule has 2 saturated heterocycles. The topological polar surface area (TPSA) is 94.1 Å². The maximum Gasteiger partial charge on any atom is 0.242 e. The second-order valence-electron chi connectivity index (χ2n) is 8.02. The molecule has 4 unspecified atom stereocenters. The number of amides is 1. The highest BCUT2D eigenvalue weighted by Crippen LogP contribution is 2.49. The number of phenolic OH excluding ortho intramolecular Hbond substituents is 2. The van der Waals surface area contributed by atoms with Gasteiger partial charge in [0.25, 0.3) is 0 Å². The number of nitrogens with zero attached hydrogens (tertiary/aromatic N) is 1. The highest BCUT2D eigenvalue weighted by atomic mass is 16.5. The van der Waals surface area contributed by atoms with Gasteiger partial charge in [0.1, 0.15) is 11.8 Å². The fourth-order valence-electron chi connectivity index (χ4n) is 4.77. The standard InChI is InChI=1S/C23H29N3O4/c1-4-10-26-22(14-7-9-17(28)18(12-14)30-5-2)19-20(24-25-21(19)23(26)29)15-11-13(3)6-8-16(15)27/h6-9,11-12,19-22,24-25,27-28H,4-5,10H2,1-3H3. The van der Waals surface area contributed by atoms with Gasteiger partial charge in [0, 0.05) is 18.0 Å². The van der Waals surface area contributed by atoms with Gasteiger partial charge < -0.3 is 19.8 Å². The predicted molar refractivity (Wildman–Crippen MR) is 113 cm³/mol. The van der Waals surface area contributed by atoms with Crippen LogP contribution in [0.4, 0.5) is 0 Å². The van der Waals surface area contributed by atoms with Gasteiger partial charge in [-0.15, -0.1) is 0 Å². The Morgan fingerprint density at radius 2 is 1.77 bits per heavy atom. The number of nitrogens with one attached hydrogen (secondary N) is 2. The summed E-state index contributed by atoms with van der Waals surface area (Å²) in [7, 11) is 0. The van der Waals surface area contributed by atoms with Crippen LogP contribution in [-0.4, -0.2) is 40.2 Å². The van der Waals surface area contributed by atoms with Gasteiger partial charge in [0.2, 0.25) is 5.91 Å². The van der Waals surface area contributed by atoms with E-state index in [9.17, 15) is 15.0 Å². The molecule has 1 amide bonds. The van der Waals surface area contributed by atoms with Crippen molar-refractivity contribution in [2.45, 2.75) is 45.3 Å². The first kappa shape index (κ1) is 20.5. The van der Waals surface area contributed by atoms with E-state index in [-0.39, 0.29) is 35.4 Å². The summed E-state index contributed by atoms with van der Waals surface area (Å²) in [6.07, 6.45) is 0.839. The lowest BCUT2D eigenvalue weighted by Crippen LogP contribution is -2.41. The Kier molecular flexibility index (Phi) is 5.58. The summed E-state index contributed by atoms with van der Waals surface area (Å²) in [6.45, 7) is 6.98. The molecule has 2 aromatic carbocycles. The molecule has 4 N–H and O–H groups in total. The molecule has 4 rings (SSSR count). The molecular formula is C23H29N3O4. The largest absolute Gasteiger partial charge is 0.508 e. The van der Waals surface area contributed by atoms with Gasteiger partial charge >= 0.3 is 0 Å². The van der Waals surface area contributed by atoms with Crippen molar-refractivity contribution in [2.24, 2.45) is 5.92 Å². The minimum Gasteiger partial charge on any atom is -0.508 e. The number of likely N-dealkylation sites (tertiary alicyclic amines) is 1. The van der Waals surface area contributed by atoms with Gasteiger partial charge in [0.15, 0.2) is 11.5 Å². The van der Waals surface area contributed by atoms with Crippen molar-refractivity contribution in [1.82, 2.24) is 15.8 Å². The van der Waals surface area contributed by atoms with Crippen LogP contribution in [0.15, 0.2) is 36.4 Å². The van der Waals surface area contributed by atoms with Gasteiger partial charge in [-0.05, 0) is 44.0 Å². The Balaban J connectivity index is 1.80. The van der Waals surface area contributed by atoms with Crippen LogP contribution >= 0.6 is 0 Å². The number of rotatable bonds is 6. The molecule has 0 aromatic heterocycles. The molecule has 30 heavy (non-hydrogen) atoms. The quantitative estimate of drug-likeness (QED) is 0.584. The van der Waals surface area contributed by atoms with Crippen molar-refractivity contribution in [2.75, 3.05) is 13.2 Å². The fourth-order valence-corrected chi connectivity index (χ4v) is 4.77. The van der Waals surface area contributed by atoms with E-state index in [0.29, 0.717) is 18.9 Å². The first-order valence-electron chi connectivity index (χ1n) is 10.5.